The molecule has 0 aliphatic heterocycles. The van der Waals surface area contributed by atoms with Crippen LogP contribution in [0.4, 0.5) is 4.39 Å². The maximum atomic E-state index is 13.2. The summed E-state index contributed by atoms with van der Waals surface area (Å²) in [7, 11) is 0. The van der Waals surface area contributed by atoms with E-state index in [2.05, 4.69) is 6.92 Å². The standard InChI is InChI=1S/C14H25FO2/c1-3-4-5-6-7-8-9-10-11-13(15)12(2)14(16)17/h3-11H2,1-2H3,(H,16,17)/b13-12+. The Morgan fingerprint density at radius 1 is 1.00 bits per heavy atom. The maximum Gasteiger partial charge on any atom is 0.333 e. The van der Waals surface area contributed by atoms with Crippen LogP contribution in [0.1, 0.15) is 71.6 Å². The average Bonchev–Trinajstić information content (AvgIpc) is 2.31. The fourth-order valence-corrected chi connectivity index (χ4v) is 1.72. The highest BCUT2D eigenvalue weighted by molar-refractivity contribution is 5.86. The van der Waals surface area contributed by atoms with E-state index in [1.807, 2.05) is 0 Å². The Labute approximate surface area is 104 Å². The number of carboxylic acids is 1. The van der Waals surface area contributed by atoms with E-state index in [4.69, 9.17) is 5.11 Å². The molecule has 0 aromatic heterocycles. The Hall–Kier alpha value is -0.860. The number of unbranched alkanes of at least 4 members (excludes halogenated alkanes) is 7. The third-order valence-corrected chi connectivity index (χ3v) is 2.98. The summed E-state index contributed by atoms with van der Waals surface area (Å²) in [6, 6.07) is 0. The minimum atomic E-state index is -1.15. The van der Waals surface area contributed by atoms with Crippen molar-refractivity contribution in [2.75, 3.05) is 0 Å². The zero-order valence-corrected chi connectivity index (χ0v) is 11.1. The smallest absolute Gasteiger partial charge is 0.333 e. The minimum absolute atomic E-state index is 0.145. The number of hydrogen-bond donors (Lipinski definition) is 1. The van der Waals surface area contributed by atoms with Crippen LogP contribution in [0.15, 0.2) is 11.4 Å². The molecule has 0 aromatic rings. The van der Waals surface area contributed by atoms with Crippen molar-refractivity contribution in [2.24, 2.45) is 0 Å². The van der Waals surface area contributed by atoms with Crippen LogP contribution in [0.2, 0.25) is 0 Å². The summed E-state index contributed by atoms with van der Waals surface area (Å²) in [5, 5.41) is 8.58. The molecule has 0 spiro atoms. The normalized spacial score (nSPS) is 12.4. The van der Waals surface area contributed by atoms with Crippen LogP contribution in [-0.4, -0.2) is 11.1 Å². The summed E-state index contributed by atoms with van der Waals surface area (Å²) in [6.45, 7) is 3.52. The summed E-state index contributed by atoms with van der Waals surface area (Å²) in [4.78, 5) is 10.5. The van der Waals surface area contributed by atoms with E-state index < -0.39 is 11.8 Å². The molecule has 0 aromatic carbocycles. The zero-order valence-electron chi connectivity index (χ0n) is 11.1. The number of carboxylic acid groups (broad SMARTS) is 1. The number of carbonyl (C=O) groups is 1. The van der Waals surface area contributed by atoms with Gasteiger partial charge in [-0.25, -0.2) is 9.18 Å². The molecule has 3 heteroatoms. The third-order valence-electron chi connectivity index (χ3n) is 2.98. The predicted octanol–water partition coefficient (Wildman–Crippen LogP) is 4.85. The fraction of sp³-hybridized carbons (Fsp3) is 0.786. The number of rotatable bonds is 10. The fourth-order valence-electron chi connectivity index (χ4n) is 1.72. The molecule has 1 N–H and O–H groups in total. The molecule has 0 aliphatic carbocycles. The Balaban J connectivity index is 3.46. The van der Waals surface area contributed by atoms with Crippen molar-refractivity contribution in [1.29, 1.82) is 0 Å². The first-order valence-electron chi connectivity index (χ1n) is 6.68. The first-order valence-corrected chi connectivity index (χ1v) is 6.68. The second-order valence-electron chi connectivity index (χ2n) is 4.56. The molecule has 0 heterocycles. The first-order chi connectivity index (χ1) is 8.09. The molecule has 100 valence electrons. The quantitative estimate of drug-likeness (QED) is 0.441. The van der Waals surface area contributed by atoms with Gasteiger partial charge < -0.3 is 5.11 Å². The lowest BCUT2D eigenvalue weighted by Gasteiger charge is -2.02. The van der Waals surface area contributed by atoms with Crippen LogP contribution in [0.25, 0.3) is 0 Å². The number of halogens is 1. The van der Waals surface area contributed by atoms with Gasteiger partial charge in [0, 0.05) is 0 Å². The van der Waals surface area contributed by atoms with Crippen molar-refractivity contribution in [1.82, 2.24) is 0 Å². The molecule has 2 nitrogen and oxygen atoms in total. The molecular weight excluding hydrogens is 219 g/mol. The highest BCUT2D eigenvalue weighted by atomic mass is 19.1. The van der Waals surface area contributed by atoms with Crippen molar-refractivity contribution in [2.45, 2.75) is 71.6 Å². The van der Waals surface area contributed by atoms with E-state index in [0.29, 0.717) is 0 Å². The third kappa shape index (κ3) is 8.90. The molecule has 0 unspecified atom stereocenters. The predicted molar refractivity (Wildman–Crippen MR) is 68.7 cm³/mol. The molecule has 0 fully saturated rings. The van der Waals surface area contributed by atoms with Crippen LogP contribution in [-0.2, 0) is 4.79 Å². The summed E-state index contributed by atoms with van der Waals surface area (Å²) in [6.07, 6.45) is 9.47. The number of hydrogen-bond acceptors (Lipinski definition) is 1. The molecule has 0 rings (SSSR count). The zero-order chi connectivity index (χ0) is 13.1. The van der Waals surface area contributed by atoms with Gasteiger partial charge in [-0.1, -0.05) is 51.9 Å². The highest BCUT2D eigenvalue weighted by Gasteiger charge is 2.08. The Kier molecular flexibility index (Phi) is 9.78. The van der Waals surface area contributed by atoms with Crippen molar-refractivity contribution in [3.63, 3.8) is 0 Å². The van der Waals surface area contributed by atoms with Crippen molar-refractivity contribution in [3.05, 3.63) is 11.4 Å². The summed E-state index contributed by atoms with van der Waals surface area (Å²) in [5.41, 5.74) is -0.145. The topological polar surface area (TPSA) is 37.3 Å². The van der Waals surface area contributed by atoms with Gasteiger partial charge in [-0.3, -0.25) is 0 Å². The lowest BCUT2D eigenvalue weighted by molar-refractivity contribution is -0.132. The van der Waals surface area contributed by atoms with Crippen LogP contribution in [0.3, 0.4) is 0 Å². The highest BCUT2D eigenvalue weighted by Crippen LogP contribution is 2.16. The van der Waals surface area contributed by atoms with Crippen molar-refractivity contribution in [3.8, 4) is 0 Å². The van der Waals surface area contributed by atoms with E-state index in [1.165, 1.54) is 39.0 Å². The largest absolute Gasteiger partial charge is 0.478 e. The Morgan fingerprint density at radius 2 is 1.47 bits per heavy atom. The minimum Gasteiger partial charge on any atom is -0.478 e. The van der Waals surface area contributed by atoms with E-state index in [9.17, 15) is 9.18 Å². The number of aliphatic carboxylic acids is 1. The van der Waals surface area contributed by atoms with Crippen molar-refractivity contribution >= 4 is 5.97 Å². The van der Waals surface area contributed by atoms with Crippen LogP contribution in [0, 0.1) is 0 Å². The molecule has 0 aliphatic rings. The molecule has 0 saturated carbocycles. The van der Waals surface area contributed by atoms with Crippen LogP contribution in [0.5, 0.6) is 0 Å². The van der Waals surface area contributed by atoms with Gasteiger partial charge in [-0.2, -0.15) is 0 Å². The van der Waals surface area contributed by atoms with Gasteiger partial charge in [0.05, 0.1) is 5.57 Å². The van der Waals surface area contributed by atoms with Crippen LogP contribution < -0.4 is 0 Å². The monoisotopic (exact) mass is 244 g/mol. The second kappa shape index (κ2) is 10.3. The van der Waals surface area contributed by atoms with E-state index in [-0.39, 0.29) is 12.0 Å². The van der Waals surface area contributed by atoms with Gasteiger partial charge in [0.15, 0.2) is 0 Å². The SMILES string of the molecule is CCCCCCCCCC/C(F)=C(/C)C(=O)O. The summed E-state index contributed by atoms with van der Waals surface area (Å²) < 4.78 is 13.2. The lowest BCUT2D eigenvalue weighted by Crippen LogP contribution is -1.98. The van der Waals surface area contributed by atoms with Gasteiger partial charge in [0.25, 0.3) is 0 Å². The molecule has 17 heavy (non-hydrogen) atoms. The molecule has 0 bridgehead atoms. The second-order valence-corrected chi connectivity index (χ2v) is 4.56. The molecule has 0 amide bonds. The van der Waals surface area contributed by atoms with Gasteiger partial charge in [-0.15, -0.1) is 0 Å². The Morgan fingerprint density at radius 3 is 1.94 bits per heavy atom. The first kappa shape index (κ1) is 16.1. The lowest BCUT2D eigenvalue weighted by atomic mass is 10.1. The average molecular weight is 244 g/mol. The molecule has 0 atom stereocenters. The van der Waals surface area contributed by atoms with E-state index in [1.54, 1.807) is 0 Å². The Bertz CT molecular complexity index is 247. The van der Waals surface area contributed by atoms with Gasteiger partial charge >= 0.3 is 5.97 Å². The van der Waals surface area contributed by atoms with Crippen molar-refractivity contribution < 1.29 is 14.3 Å². The molecule has 0 saturated heterocycles. The van der Waals surface area contributed by atoms with Gasteiger partial charge in [-0.05, 0) is 19.8 Å². The van der Waals surface area contributed by atoms with Crippen LogP contribution >= 0.6 is 0 Å². The van der Waals surface area contributed by atoms with E-state index in [0.717, 1.165) is 19.3 Å². The maximum absolute atomic E-state index is 13.2. The summed E-state index contributed by atoms with van der Waals surface area (Å²) in [5.74, 6) is -1.62. The van der Waals surface area contributed by atoms with Gasteiger partial charge in [0.1, 0.15) is 5.83 Å². The summed E-state index contributed by atoms with van der Waals surface area (Å²) >= 11 is 0. The molecule has 0 radical (unpaired) electrons. The van der Waals surface area contributed by atoms with E-state index >= 15 is 0 Å². The van der Waals surface area contributed by atoms with Gasteiger partial charge in [0.2, 0.25) is 0 Å². The molecular formula is C14H25FO2. The number of allylic oxidation sites excluding steroid dienone is 1.